The number of fused-ring (bicyclic) bond motifs is 11. The average molecular weight is 1030 g/mol. The zero-order chi connectivity index (χ0) is 52.7. The molecule has 4 aromatic heterocycles. The SMILES string of the molecule is c1ccc(N(c2ccccc2)c2ccc3coc(-c4ccc5c6c7ccc8c(c7ccc6n(-c6ccccc6)c5c4)c4ccc(-c5occ6ccc(N(c7ccccc7)c7ccccc7)cc56)cc4n8-c4ccccc4)c3c2)cc1. The van der Waals surface area contributed by atoms with E-state index in [1.54, 1.807) is 0 Å². The molecule has 0 unspecified atom stereocenters. The average Bonchev–Trinajstić information content (AvgIpc) is 4.49. The van der Waals surface area contributed by atoms with E-state index in [1.165, 1.54) is 32.3 Å². The molecule has 4 heterocycles. The van der Waals surface area contributed by atoms with Gasteiger partial charge in [-0.25, -0.2) is 0 Å². The lowest BCUT2D eigenvalue weighted by molar-refractivity contribution is 0.587. The fraction of sp³-hybridized carbons (Fsp3) is 0. The minimum atomic E-state index is 0.832. The Morgan fingerprint density at radius 1 is 0.250 bits per heavy atom. The van der Waals surface area contributed by atoms with Crippen molar-refractivity contribution in [3.63, 3.8) is 0 Å². The molecule has 0 N–H and O–H groups in total. The summed E-state index contributed by atoms with van der Waals surface area (Å²) < 4.78 is 18.0. The summed E-state index contributed by atoms with van der Waals surface area (Å²) in [4.78, 5) is 4.60. The van der Waals surface area contributed by atoms with E-state index in [-0.39, 0.29) is 0 Å². The van der Waals surface area contributed by atoms with Crippen LogP contribution in [0.1, 0.15) is 0 Å². The van der Waals surface area contributed by atoms with Gasteiger partial charge in [0.15, 0.2) is 0 Å². The van der Waals surface area contributed by atoms with Gasteiger partial charge in [-0.1, -0.05) is 146 Å². The number of benzene rings is 12. The second-order valence-electron chi connectivity index (χ2n) is 20.5. The van der Waals surface area contributed by atoms with Crippen LogP contribution in [0.15, 0.2) is 300 Å². The summed E-state index contributed by atoms with van der Waals surface area (Å²) in [6.07, 6.45) is 3.77. The number of hydrogen-bond acceptors (Lipinski definition) is 4. The Labute approximate surface area is 461 Å². The maximum atomic E-state index is 6.58. The maximum absolute atomic E-state index is 6.58. The molecule has 376 valence electrons. The van der Waals surface area contributed by atoms with Gasteiger partial charge in [0, 0.05) is 99.7 Å². The predicted molar refractivity (Wildman–Crippen MR) is 332 cm³/mol. The van der Waals surface area contributed by atoms with Crippen LogP contribution in [0, 0.1) is 0 Å². The molecule has 0 amide bonds. The lowest BCUT2D eigenvalue weighted by atomic mass is 9.98. The number of furan rings is 2. The molecule has 0 saturated carbocycles. The molecule has 0 radical (unpaired) electrons. The van der Waals surface area contributed by atoms with Crippen LogP contribution in [0.3, 0.4) is 0 Å². The molecule has 0 spiro atoms. The number of hydrogen-bond donors (Lipinski definition) is 0. The van der Waals surface area contributed by atoms with Crippen molar-refractivity contribution in [3.8, 4) is 34.0 Å². The minimum Gasteiger partial charge on any atom is -0.463 e. The van der Waals surface area contributed by atoms with Crippen molar-refractivity contribution in [3.05, 3.63) is 292 Å². The maximum Gasteiger partial charge on any atom is 0.141 e. The van der Waals surface area contributed by atoms with Gasteiger partial charge in [0.2, 0.25) is 0 Å². The summed E-state index contributed by atoms with van der Waals surface area (Å²) in [6.45, 7) is 0. The van der Waals surface area contributed by atoms with Crippen molar-refractivity contribution in [2.45, 2.75) is 0 Å². The Balaban J connectivity index is 0.873. The molecule has 0 aliphatic carbocycles. The highest BCUT2D eigenvalue weighted by molar-refractivity contribution is 6.30. The van der Waals surface area contributed by atoms with Crippen molar-refractivity contribution in [1.82, 2.24) is 9.13 Å². The molecule has 0 fully saturated rings. The van der Waals surface area contributed by atoms with Gasteiger partial charge in [0.1, 0.15) is 11.5 Å². The zero-order valence-corrected chi connectivity index (χ0v) is 43.3. The second-order valence-corrected chi connectivity index (χ2v) is 20.5. The molecule has 0 aliphatic rings. The lowest BCUT2D eigenvalue weighted by Gasteiger charge is -2.25. The van der Waals surface area contributed by atoms with Gasteiger partial charge < -0.3 is 27.8 Å². The van der Waals surface area contributed by atoms with Crippen LogP contribution in [0.25, 0.3) is 110 Å². The van der Waals surface area contributed by atoms with E-state index < -0.39 is 0 Å². The number of para-hydroxylation sites is 6. The van der Waals surface area contributed by atoms with Crippen molar-refractivity contribution in [2.24, 2.45) is 0 Å². The van der Waals surface area contributed by atoms with Gasteiger partial charge in [-0.3, -0.25) is 0 Å². The molecule has 16 rings (SSSR count). The van der Waals surface area contributed by atoms with Crippen LogP contribution in [0.4, 0.5) is 34.1 Å². The van der Waals surface area contributed by atoms with Gasteiger partial charge in [-0.2, -0.15) is 0 Å². The van der Waals surface area contributed by atoms with E-state index in [4.69, 9.17) is 8.83 Å². The van der Waals surface area contributed by atoms with Crippen molar-refractivity contribution in [1.29, 1.82) is 0 Å². The third kappa shape index (κ3) is 7.27. The standard InChI is InChI=1S/C74H48N4O2/c1-7-19-53(20-8-1)75(54-21-9-2-10-22-54)59-35-31-51-47-79-73(65(51)45-59)49-33-37-63-69(43-49)77(57-27-15-5-16-28-57)67-41-39-62-61(71(63)67)40-42-68-72(62)64-38-34-50(44-70(64)78(68)58-29-17-6-18-30-58)74-66-46-60(36-32-52(66)48-80-74)76(55-23-11-3-12-24-55)56-25-13-4-14-26-56/h1-48H. The normalized spacial score (nSPS) is 11.8. The predicted octanol–water partition coefficient (Wildman–Crippen LogP) is 20.8. The van der Waals surface area contributed by atoms with E-state index in [2.05, 4.69) is 298 Å². The smallest absolute Gasteiger partial charge is 0.141 e. The molecule has 16 aromatic rings. The zero-order valence-electron chi connectivity index (χ0n) is 43.3. The third-order valence-corrected chi connectivity index (χ3v) is 16.0. The van der Waals surface area contributed by atoms with Crippen LogP contribution in [-0.2, 0) is 0 Å². The van der Waals surface area contributed by atoms with Gasteiger partial charge in [0.25, 0.3) is 0 Å². The Kier molecular flexibility index (Phi) is 10.5. The molecular formula is C74H48N4O2. The van der Waals surface area contributed by atoms with E-state index >= 15 is 0 Å². The summed E-state index contributed by atoms with van der Waals surface area (Å²) in [7, 11) is 0. The van der Waals surface area contributed by atoms with Crippen LogP contribution in [0.2, 0.25) is 0 Å². The Morgan fingerprint density at radius 3 is 0.950 bits per heavy atom. The Hall–Kier alpha value is -10.8. The van der Waals surface area contributed by atoms with Gasteiger partial charge in [-0.15, -0.1) is 0 Å². The van der Waals surface area contributed by atoms with Gasteiger partial charge in [-0.05, 0) is 144 Å². The lowest BCUT2D eigenvalue weighted by Crippen LogP contribution is -2.09. The van der Waals surface area contributed by atoms with Crippen LogP contribution in [-0.4, -0.2) is 9.13 Å². The summed E-state index contributed by atoms with van der Waals surface area (Å²) >= 11 is 0. The highest BCUT2D eigenvalue weighted by Crippen LogP contribution is 2.47. The molecular weight excluding hydrogens is 977 g/mol. The first kappa shape index (κ1) is 45.4. The topological polar surface area (TPSA) is 42.6 Å². The first-order valence-electron chi connectivity index (χ1n) is 27.1. The molecule has 6 heteroatoms. The summed E-state index contributed by atoms with van der Waals surface area (Å²) in [5.74, 6) is 1.66. The second kappa shape index (κ2) is 18.4. The van der Waals surface area contributed by atoms with Gasteiger partial charge >= 0.3 is 0 Å². The van der Waals surface area contributed by atoms with Gasteiger partial charge in [0.05, 0.1) is 34.6 Å². The van der Waals surface area contributed by atoms with E-state index in [1.807, 2.05) is 12.5 Å². The Bertz CT molecular complexity index is 4590. The molecule has 80 heavy (non-hydrogen) atoms. The first-order valence-corrected chi connectivity index (χ1v) is 27.1. The molecule has 12 aromatic carbocycles. The fourth-order valence-corrected chi connectivity index (χ4v) is 12.4. The summed E-state index contributed by atoms with van der Waals surface area (Å²) in [5.41, 5.74) is 15.1. The number of nitrogens with zero attached hydrogens (tertiary/aromatic N) is 4. The van der Waals surface area contributed by atoms with Crippen molar-refractivity contribution >= 4 is 110 Å². The van der Waals surface area contributed by atoms with Crippen molar-refractivity contribution < 1.29 is 8.83 Å². The molecule has 0 aliphatic heterocycles. The van der Waals surface area contributed by atoms with Crippen LogP contribution < -0.4 is 9.80 Å². The highest BCUT2D eigenvalue weighted by atomic mass is 16.3. The summed E-state index contributed by atoms with van der Waals surface area (Å²) in [5, 5.41) is 11.3. The molecule has 6 nitrogen and oxygen atoms in total. The minimum absolute atomic E-state index is 0.832. The largest absolute Gasteiger partial charge is 0.463 e. The summed E-state index contributed by atoms with van der Waals surface area (Å²) in [6, 6.07) is 99.8. The van der Waals surface area contributed by atoms with Crippen LogP contribution in [0.5, 0.6) is 0 Å². The van der Waals surface area contributed by atoms with Crippen LogP contribution >= 0.6 is 0 Å². The number of rotatable bonds is 10. The quantitative estimate of drug-likeness (QED) is 0.137. The highest BCUT2D eigenvalue weighted by Gasteiger charge is 2.24. The third-order valence-electron chi connectivity index (χ3n) is 16.0. The van der Waals surface area contributed by atoms with Crippen molar-refractivity contribution in [2.75, 3.05) is 9.80 Å². The number of aromatic nitrogens is 2. The monoisotopic (exact) mass is 1020 g/mol. The first-order chi connectivity index (χ1) is 39.7. The fourth-order valence-electron chi connectivity index (χ4n) is 12.4. The molecule has 0 bridgehead atoms. The van der Waals surface area contributed by atoms with E-state index in [0.29, 0.717) is 0 Å². The molecule has 0 saturated heterocycles. The molecule has 0 atom stereocenters. The Morgan fingerprint density at radius 2 is 0.588 bits per heavy atom. The van der Waals surface area contributed by atoms with E-state index in [0.717, 1.165) is 112 Å². The number of anilines is 6. The van der Waals surface area contributed by atoms with E-state index in [9.17, 15) is 0 Å².